The van der Waals surface area contributed by atoms with Crippen LogP contribution in [0, 0.1) is 0 Å². The summed E-state index contributed by atoms with van der Waals surface area (Å²) in [5.74, 6) is -1.55. The fourth-order valence-corrected chi connectivity index (χ4v) is 3.84. The summed E-state index contributed by atoms with van der Waals surface area (Å²) in [6.07, 6.45) is 0.300. The van der Waals surface area contributed by atoms with Crippen molar-refractivity contribution in [2.75, 3.05) is 11.9 Å². The average Bonchev–Trinajstić information content (AvgIpc) is 3.14. The lowest BCUT2D eigenvalue weighted by Gasteiger charge is -2.25. The highest BCUT2D eigenvalue weighted by atomic mass is 16.5. The van der Waals surface area contributed by atoms with E-state index in [1.807, 2.05) is 12.1 Å². The maximum Gasteiger partial charge on any atom is 0.344 e. The lowest BCUT2D eigenvalue weighted by atomic mass is 9.87. The Hall–Kier alpha value is -4.66. The van der Waals surface area contributed by atoms with Gasteiger partial charge >= 0.3 is 6.03 Å². The molecule has 9 heteroatoms. The van der Waals surface area contributed by atoms with E-state index in [0.29, 0.717) is 22.7 Å². The highest BCUT2D eigenvalue weighted by Gasteiger charge is 2.52. The molecule has 5 amide bonds. The Morgan fingerprint density at radius 3 is 2.23 bits per heavy atom. The van der Waals surface area contributed by atoms with Crippen molar-refractivity contribution in [1.82, 2.24) is 15.8 Å². The first-order valence-corrected chi connectivity index (χ1v) is 11.0. The first-order chi connectivity index (χ1) is 16.9. The number of rotatable bonds is 8. The van der Waals surface area contributed by atoms with Crippen LogP contribution in [-0.4, -0.2) is 35.4 Å². The molecule has 0 spiro atoms. The van der Waals surface area contributed by atoms with Crippen molar-refractivity contribution in [3.05, 3.63) is 96.1 Å². The van der Waals surface area contributed by atoms with Crippen LogP contribution in [0.1, 0.15) is 29.3 Å². The molecule has 9 nitrogen and oxygen atoms in total. The van der Waals surface area contributed by atoms with Crippen molar-refractivity contribution in [2.45, 2.75) is 18.9 Å². The maximum absolute atomic E-state index is 13.1. The van der Waals surface area contributed by atoms with E-state index in [9.17, 15) is 19.2 Å². The van der Waals surface area contributed by atoms with Crippen LogP contribution < -0.4 is 20.8 Å². The highest BCUT2D eigenvalue weighted by molar-refractivity contribution is 6.08. The molecule has 1 aliphatic heterocycles. The van der Waals surface area contributed by atoms with Crippen molar-refractivity contribution in [1.29, 1.82) is 0 Å². The molecule has 0 bridgehead atoms. The second kappa shape index (κ2) is 10.1. The van der Waals surface area contributed by atoms with Crippen LogP contribution in [0.25, 0.3) is 0 Å². The molecule has 0 aliphatic carbocycles. The maximum atomic E-state index is 13.1. The van der Waals surface area contributed by atoms with E-state index < -0.39 is 35.9 Å². The van der Waals surface area contributed by atoms with Gasteiger partial charge in [0.05, 0.1) is 5.56 Å². The number of benzene rings is 3. The number of carbonyl (C=O) groups excluding carboxylic acids is 4. The van der Waals surface area contributed by atoms with Gasteiger partial charge in [0.1, 0.15) is 11.3 Å². The van der Waals surface area contributed by atoms with Crippen molar-refractivity contribution in [3.8, 4) is 5.75 Å². The zero-order valence-corrected chi connectivity index (χ0v) is 19.0. The van der Waals surface area contributed by atoms with Crippen LogP contribution in [-0.2, 0) is 15.1 Å². The predicted molar refractivity (Wildman–Crippen MR) is 128 cm³/mol. The van der Waals surface area contributed by atoms with Gasteiger partial charge < -0.3 is 15.4 Å². The van der Waals surface area contributed by atoms with Gasteiger partial charge in [0.25, 0.3) is 17.7 Å². The predicted octanol–water partition coefficient (Wildman–Crippen LogP) is 3.21. The van der Waals surface area contributed by atoms with Gasteiger partial charge in [-0.05, 0) is 36.2 Å². The van der Waals surface area contributed by atoms with Crippen LogP contribution in [0.2, 0.25) is 0 Å². The number of hydrogen-bond donors (Lipinski definition) is 3. The molecular weight excluding hydrogens is 448 g/mol. The van der Waals surface area contributed by atoms with Gasteiger partial charge in [0.15, 0.2) is 6.61 Å². The van der Waals surface area contributed by atoms with Gasteiger partial charge in [-0.15, -0.1) is 0 Å². The molecule has 1 atom stereocenters. The summed E-state index contributed by atoms with van der Waals surface area (Å²) in [4.78, 5) is 50.9. The fourth-order valence-electron chi connectivity index (χ4n) is 3.84. The second-order valence-corrected chi connectivity index (χ2v) is 7.84. The summed E-state index contributed by atoms with van der Waals surface area (Å²) in [5.41, 5.74) is 2.49. The lowest BCUT2D eigenvalue weighted by molar-refractivity contribution is -0.140. The van der Waals surface area contributed by atoms with E-state index in [4.69, 9.17) is 4.74 Å². The van der Waals surface area contributed by atoms with Crippen molar-refractivity contribution < 1.29 is 23.9 Å². The largest absolute Gasteiger partial charge is 0.483 e. The second-order valence-electron chi connectivity index (χ2n) is 7.84. The number of ether oxygens (including phenoxy) is 1. The number of anilines is 1. The van der Waals surface area contributed by atoms with Gasteiger partial charge in [0.2, 0.25) is 0 Å². The van der Waals surface area contributed by atoms with E-state index in [1.54, 1.807) is 79.7 Å². The number of para-hydroxylation sites is 2. The highest BCUT2D eigenvalue weighted by Crippen LogP contribution is 2.31. The van der Waals surface area contributed by atoms with E-state index in [2.05, 4.69) is 16.1 Å². The minimum atomic E-state index is -1.27. The third-order valence-electron chi connectivity index (χ3n) is 5.65. The van der Waals surface area contributed by atoms with Crippen LogP contribution in [0.4, 0.5) is 10.5 Å². The molecule has 0 saturated carbocycles. The lowest BCUT2D eigenvalue weighted by Crippen LogP contribution is -2.49. The Kier molecular flexibility index (Phi) is 6.77. The summed E-state index contributed by atoms with van der Waals surface area (Å²) in [5, 5.41) is 6.11. The van der Waals surface area contributed by atoms with E-state index in [0.717, 1.165) is 0 Å². The van der Waals surface area contributed by atoms with Gasteiger partial charge in [-0.3, -0.25) is 19.8 Å². The molecule has 1 aliphatic rings. The third-order valence-corrected chi connectivity index (χ3v) is 5.65. The zero-order chi connectivity index (χ0) is 24.8. The molecule has 0 aromatic heterocycles. The minimum Gasteiger partial charge on any atom is -0.483 e. The first kappa shape index (κ1) is 23.5. The summed E-state index contributed by atoms with van der Waals surface area (Å²) in [7, 11) is 0. The molecule has 35 heavy (non-hydrogen) atoms. The van der Waals surface area contributed by atoms with Gasteiger partial charge in [-0.25, -0.2) is 4.79 Å². The summed E-state index contributed by atoms with van der Waals surface area (Å²) in [6, 6.07) is 23.5. The summed E-state index contributed by atoms with van der Waals surface area (Å²) < 4.78 is 5.56. The number of imide groups is 1. The molecule has 3 aromatic rings. The molecule has 4 rings (SSSR count). The van der Waals surface area contributed by atoms with Crippen molar-refractivity contribution in [3.63, 3.8) is 0 Å². The molecule has 0 unspecified atom stereocenters. The number of nitrogens with zero attached hydrogens (tertiary/aromatic N) is 1. The minimum absolute atomic E-state index is 0.181. The standard InChI is InChI=1S/C26H24N4O5/c1-2-26(18-11-5-3-6-12-18)24(33)30(25(34)28-26)29-22(31)17-35-21-16-10-9-15-20(21)23(32)27-19-13-7-4-8-14-19/h3-16H,2,17H2,1H3,(H,27,32)(H,28,34)(H,29,31)/t26-/m1/s1. The number of nitrogens with one attached hydrogen (secondary N) is 3. The number of urea groups is 1. The van der Waals surface area contributed by atoms with Gasteiger partial charge in [-0.1, -0.05) is 67.6 Å². The van der Waals surface area contributed by atoms with Crippen LogP contribution in [0.3, 0.4) is 0 Å². The monoisotopic (exact) mass is 472 g/mol. The quantitative estimate of drug-likeness (QED) is 0.436. The normalized spacial score (nSPS) is 17.0. The number of hydrazine groups is 1. The van der Waals surface area contributed by atoms with Crippen molar-refractivity contribution in [2.24, 2.45) is 0 Å². The Labute approximate surface area is 202 Å². The molecule has 0 radical (unpaired) electrons. The zero-order valence-electron chi connectivity index (χ0n) is 19.0. The summed E-state index contributed by atoms with van der Waals surface area (Å²) in [6.45, 7) is 1.26. The molecule has 178 valence electrons. The summed E-state index contributed by atoms with van der Waals surface area (Å²) >= 11 is 0. The van der Waals surface area contributed by atoms with E-state index >= 15 is 0 Å². The Morgan fingerprint density at radius 2 is 1.54 bits per heavy atom. The Balaban J connectivity index is 1.42. The number of amides is 5. The fraction of sp³-hybridized carbons (Fsp3) is 0.154. The number of hydrogen-bond acceptors (Lipinski definition) is 5. The van der Waals surface area contributed by atoms with Crippen LogP contribution in [0.15, 0.2) is 84.9 Å². The molecule has 3 N–H and O–H groups in total. The van der Waals surface area contributed by atoms with Crippen molar-refractivity contribution >= 4 is 29.4 Å². The van der Waals surface area contributed by atoms with Crippen LogP contribution >= 0.6 is 0 Å². The molecule has 1 fully saturated rings. The molecule has 1 heterocycles. The van der Waals surface area contributed by atoms with Gasteiger partial charge in [-0.2, -0.15) is 5.01 Å². The van der Waals surface area contributed by atoms with E-state index in [1.165, 1.54) is 0 Å². The van der Waals surface area contributed by atoms with E-state index in [-0.39, 0.29) is 11.3 Å². The first-order valence-electron chi connectivity index (χ1n) is 11.0. The Bertz CT molecular complexity index is 1250. The third kappa shape index (κ3) is 4.84. The molecular formula is C26H24N4O5. The topological polar surface area (TPSA) is 117 Å². The average molecular weight is 473 g/mol. The SMILES string of the molecule is CC[C@]1(c2ccccc2)NC(=O)N(NC(=O)COc2ccccc2C(=O)Nc2ccccc2)C1=O. The number of carbonyl (C=O) groups is 4. The van der Waals surface area contributed by atoms with Gasteiger partial charge in [0, 0.05) is 5.69 Å². The molecule has 3 aromatic carbocycles. The Morgan fingerprint density at radius 1 is 0.914 bits per heavy atom. The van der Waals surface area contributed by atoms with Crippen LogP contribution in [0.5, 0.6) is 5.75 Å². The molecule has 1 saturated heterocycles. The smallest absolute Gasteiger partial charge is 0.344 e.